The molecule has 1 heteroatoms. The molecule has 0 unspecified atom stereocenters. The predicted molar refractivity (Wildman–Crippen MR) is 108 cm³/mol. The van der Waals surface area contributed by atoms with Crippen LogP contribution in [0.2, 0.25) is 0 Å². The van der Waals surface area contributed by atoms with Gasteiger partial charge >= 0.3 is 0 Å². The third-order valence-electron chi connectivity index (χ3n) is 7.12. The van der Waals surface area contributed by atoms with Gasteiger partial charge in [0, 0.05) is 22.4 Å². The van der Waals surface area contributed by atoms with E-state index in [1.165, 1.54) is 42.5 Å². The van der Waals surface area contributed by atoms with Gasteiger partial charge in [-0.15, -0.1) is 0 Å². The van der Waals surface area contributed by atoms with E-state index in [1.807, 2.05) is 0 Å². The molecule has 0 radical (unpaired) electrons. The molecule has 6 rings (SSSR count). The lowest BCUT2D eigenvalue weighted by molar-refractivity contribution is 0.327. The molecule has 26 heavy (non-hydrogen) atoms. The Hall–Kier alpha value is -2.54. The molecule has 1 N–H and O–H groups in total. The summed E-state index contributed by atoms with van der Waals surface area (Å²) >= 11 is 0. The zero-order chi connectivity index (χ0) is 17.1. The molecule has 0 heterocycles. The quantitative estimate of drug-likeness (QED) is 0.561. The fourth-order valence-corrected chi connectivity index (χ4v) is 6.22. The Morgan fingerprint density at radius 1 is 0.769 bits per heavy atom. The second-order valence-corrected chi connectivity index (χ2v) is 8.32. The molecule has 2 bridgehead atoms. The van der Waals surface area contributed by atoms with Crippen LogP contribution >= 0.6 is 0 Å². The van der Waals surface area contributed by atoms with E-state index in [4.69, 9.17) is 0 Å². The Kier molecular flexibility index (Phi) is 2.94. The summed E-state index contributed by atoms with van der Waals surface area (Å²) in [7, 11) is 0. The highest BCUT2D eigenvalue weighted by atomic mass is 14.9. The summed E-state index contributed by atoms with van der Waals surface area (Å²) in [6, 6.07) is 26.6. The van der Waals surface area contributed by atoms with Crippen molar-refractivity contribution in [1.82, 2.24) is 0 Å². The van der Waals surface area contributed by atoms with Crippen LogP contribution < -0.4 is 5.32 Å². The van der Waals surface area contributed by atoms with Crippen LogP contribution in [0.1, 0.15) is 36.8 Å². The first-order valence-electron chi connectivity index (χ1n) is 9.92. The van der Waals surface area contributed by atoms with Crippen LogP contribution in [0.15, 0.2) is 72.8 Å². The van der Waals surface area contributed by atoms with Crippen molar-refractivity contribution >= 4 is 11.4 Å². The number of rotatable bonds is 2. The molecule has 2 saturated carbocycles. The lowest BCUT2D eigenvalue weighted by Gasteiger charge is -2.36. The molecular weight excluding hydrogens is 314 g/mol. The molecule has 3 aromatic rings. The summed E-state index contributed by atoms with van der Waals surface area (Å²) in [6.07, 6.45) is 5.60. The predicted octanol–water partition coefficient (Wildman–Crippen LogP) is 6.52. The zero-order valence-corrected chi connectivity index (χ0v) is 14.9. The maximum absolute atomic E-state index is 3.70. The van der Waals surface area contributed by atoms with Gasteiger partial charge in [-0.2, -0.15) is 0 Å². The van der Waals surface area contributed by atoms with Crippen molar-refractivity contribution in [2.24, 2.45) is 11.8 Å². The van der Waals surface area contributed by atoms with Crippen LogP contribution in [0.4, 0.5) is 11.4 Å². The molecular formula is C25H23N. The van der Waals surface area contributed by atoms with Gasteiger partial charge in [-0.05, 0) is 66.0 Å². The average Bonchev–Trinajstić information content (AvgIpc) is 3.37. The Morgan fingerprint density at radius 2 is 1.58 bits per heavy atom. The lowest BCUT2D eigenvalue weighted by atomic mass is 9.67. The van der Waals surface area contributed by atoms with Crippen molar-refractivity contribution < 1.29 is 0 Å². The van der Waals surface area contributed by atoms with Gasteiger partial charge in [0.1, 0.15) is 0 Å². The van der Waals surface area contributed by atoms with Crippen molar-refractivity contribution in [2.45, 2.75) is 31.1 Å². The molecule has 3 atom stereocenters. The normalized spacial score (nSPS) is 27.5. The number of benzene rings is 3. The van der Waals surface area contributed by atoms with Crippen molar-refractivity contribution in [1.29, 1.82) is 0 Å². The molecule has 2 fully saturated rings. The minimum Gasteiger partial charge on any atom is -0.355 e. The van der Waals surface area contributed by atoms with Gasteiger partial charge in [0.25, 0.3) is 0 Å². The maximum Gasteiger partial charge on any atom is 0.0467 e. The van der Waals surface area contributed by atoms with Crippen molar-refractivity contribution in [3.63, 3.8) is 0 Å². The van der Waals surface area contributed by atoms with Gasteiger partial charge in [-0.25, -0.2) is 0 Å². The highest BCUT2D eigenvalue weighted by molar-refractivity contribution is 5.91. The summed E-state index contributed by atoms with van der Waals surface area (Å²) in [6.45, 7) is 0. The first-order chi connectivity index (χ1) is 12.9. The van der Waals surface area contributed by atoms with Crippen LogP contribution in [0.25, 0.3) is 11.1 Å². The number of hydrogen-bond acceptors (Lipinski definition) is 1. The molecule has 3 aromatic carbocycles. The molecule has 128 valence electrons. The molecule has 3 aliphatic carbocycles. The molecule has 0 aliphatic heterocycles. The second kappa shape index (κ2) is 5.23. The first-order valence-corrected chi connectivity index (χ1v) is 9.92. The van der Waals surface area contributed by atoms with Gasteiger partial charge in [-0.1, -0.05) is 61.0 Å². The first kappa shape index (κ1) is 14.6. The Labute approximate surface area is 155 Å². The smallest absolute Gasteiger partial charge is 0.0467 e. The number of anilines is 2. The Balaban J connectivity index is 1.58. The zero-order valence-electron chi connectivity index (χ0n) is 14.9. The van der Waals surface area contributed by atoms with Crippen LogP contribution in [-0.4, -0.2) is 0 Å². The van der Waals surface area contributed by atoms with Crippen molar-refractivity contribution in [3.8, 4) is 11.1 Å². The third-order valence-corrected chi connectivity index (χ3v) is 7.12. The molecule has 1 nitrogen and oxygen atoms in total. The van der Waals surface area contributed by atoms with Gasteiger partial charge in [0.05, 0.1) is 0 Å². The summed E-state index contributed by atoms with van der Waals surface area (Å²) < 4.78 is 0. The maximum atomic E-state index is 3.70. The molecule has 0 aromatic heterocycles. The van der Waals surface area contributed by atoms with E-state index < -0.39 is 0 Å². The van der Waals surface area contributed by atoms with Crippen LogP contribution in [0.3, 0.4) is 0 Å². The van der Waals surface area contributed by atoms with Gasteiger partial charge in [0.2, 0.25) is 0 Å². The molecule has 0 amide bonds. The van der Waals surface area contributed by atoms with Crippen LogP contribution in [-0.2, 0) is 5.41 Å². The van der Waals surface area contributed by atoms with Gasteiger partial charge in [-0.3, -0.25) is 0 Å². The summed E-state index contributed by atoms with van der Waals surface area (Å²) in [5.74, 6) is 1.74. The van der Waals surface area contributed by atoms with E-state index in [9.17, 15) is 0 Å². The number of fused-ring (bicyclic) bond motifs is 8. The van der Waals surface area contributed by atoms with E-state index in [-0.39, 0.29) is 5.41 Å². The van der Waals surface area contributed by atoms with E-state index in [0.717, 1.165) is 17.5 Å². The lowest BCUT2D eigenvalue weighted by Crippen LogP contribution is -2.31. The Bertz CT molecular complexity index is 990. The number of hydrogen-bond donors (Lipinski definition) is 1. The minimum absolute atomic E-state index is 0.267. The summed E-state index contributed by atoms with van der Waals surface area (Å²) in [4.78, 5) is 0. The van der Waals surface area contributed by atoms with Gasteiger partial charge < -0.3 is 5.32 Å². The van der Waals surface area contributed by atoms with Crippen molar-refractivity contribution in [3.05, 3.63) is 83.9 Å². The topological polar surface area (TPSA) is 12.0 Å². The monoisotopic (exact) mass is 337 g/mol. The van der Waals surface area contributed by atoms with E-state index in [1.54, 1.807) is 11.1 Å². The van der Waals surface area contributed by atoms with Crippen LogP contribution in [0, 0.1) is 11.8 Å². The number of nitrogens with one attached hydrogen (secondary N) is 1. The van der Waals surface area contributed by atoms with Gasteiger partial charge in [0.15, 0.2) is 0 Å². The second-order valence-electron chi connectivity index (χ2n) is 8.32. The minimum atomic E-state index is 0.267. The number of para-hydroxylation sites is 1. The Morgan fingerprint density at radius 3 is 2.38 bits per heavy atom. The largest absolute Gasteiger partial charge is 0.355 e. The fourth-order valence-electron chi connectivity index (χ4n) is 6.22. The van der Waals surface area contributed by atoms with Crippen molar-refractivity contribution in [2.75, 3.05) is 5.32 Å². The van der Waals surface area contributed by atoms with E-state index in [0.29, 0.717) is 0 Å². The fraction of sp³-hybridized carbons (Fsp3) is 0.280. The van der Waals surface area contributed by atoms with E-state index >= 15 is 0 Å². The molecule has 3 aliphatic rings. The molecule has 1 spiro atoms. The standard InChI is InChI=1S/C25H23N/c1-2-7-19(8-3-1)26-23-12-6-11-22-24(23)20-9-4-5-10-21(20)25(22)16-17-13-14-18(25)15-17/h1-12,17-18,26H,13-16H2/t17-,18+,25+/m0/s1. The molecule has 0 saturated heterocycles. The highest BCUT2D eigenvalue weighted by Crippen LogP contribution is 2.66. The average molecular weight is 337 g/mol. The summed E-state index contributed by atoms with van der Waals surface area (Å²) in [5, 5.41) is 3.70. The SMILES string of the molecule is c1ccc(Nc2cccc3c2-c2ccccc2[C@]32C[C@H]3CC[C@@H]2C3)cc1. The van der Waals surface area contributed by atoms with E-state index in [2.05, 4.69) is 78.1 Å². The third kappa shape index (κ3) is 1.81. The van der Waals surface area contributed by atoms with Crippen LogP contribution in [0.5, 0.6) is 0 Å². The highest BCUT2D eigenvalue weighted by Gasteiger charge is 2.56. The summed E-state index contributed by atoms with van der Waals surface area (Å²) in [5.41, 5.74) is 8.74.